The number of nitrogens with zero attached hydrogens (tertiary/aromatic N) is 2. The summed E-state index contributed by atoms with van der Waals surface area (Å²) in [5.74, 6) is 0.571. The van der Waals surface area contributed by atoms with Gasteiger partial charge in [0.1, 0.15) is 5.60 Å². The molecule has 1 aromatic carbocycles. The van der Waals surface area contributed by atoms with E-state index in [0.717, 1.165) is 18.6 Å². The van der Waals surface area contributed by atoms with E-state index < -0.39 is 22.7 Å². The van der Waals surface area contributed by atoms with Gasteiger partial charge in [-0.25, -0.2) is 8.42 Å². The number of benzene rings is 1. The van der Waals surface area contributed by atoms with Crippen LogP contribution in [-0.2, 0) is 19.3 Å². The minimum atomic E-state index is -3.45. The number of piperazine rings is 1. The van der Waals surface area contributed by atoms with E-state index >= 15 is 0 Å². The Hall–Kier alpha value is -1.35. The van der Waals surface area contributed by atoms with E-state index in [2.05, 4.69) is 11.5 Å². The van der Waals surface area contributed by atoms with Crippen LogP contribution in [0.1, 0.15) is 13.8 Å². The van der Waals surface area contributed by atoms with Crippen molar-refractivity contribution in [2.75, 3.05) is 33.2 Å². The lowest BCUT2D eigenvalue weighted by Gasteiger charge is -2.31. The maximum absolute atomic E-state index is 12.7. The monoisotopic (exact) mass is 350 g/mol. The van der Waals surface area contributed by atoms with Crippen molar-refractivity contribution >= 4 is 22.6 Å². The zero-order valence-electron chi connectivity index (χ0n) is 14.4. The highest BCUT2D eigenvalue weighted by molar-refractivity contribution is 7.89. The summed E-state index contributed by atoms with van der Waals surface area (Å²) in [6.45, 7) is 10.2. The number of hydrogen-bond donors (Lipinski definition) is 0. The molecule has 0 saturated carbocycles. The molecule has 2 aliphatic rings. The second-order valence-corrected chi connectivity index (χ2v) is 8.72. The summed E-state index contributed by atoms with van der Waals surface area (Å²) < 4.78 is 38.4. The first-order chi connectivity index (χ1) is 11.2. The minimum absolute atomic E-state index is 0.298. The van der Waals surface area contributed by atoms with Crippen LogP contribution in [0, 0.1) is 0 Å². The van der Waals surface area contributed by atoms with Crippen molar-refractivity contribution in [2.24, 2.45) is 0 Å². The van der Waals surface area contributed by atoms with Gasteiger partial charge in [0.2, 0.25) is 10.0 Å². The Kier molecular flexibility index (Phi) is 4.50. The van der Waals surface area contributed by atoms with Crippen molar-refractivity contribution in [3.05, 3.63) is 36.6 Å². The standard InChI is InChI=1S/C16H23BN2O4S/c1-13-16(2,3)23-17(22-13)14-5-7-15(8-6-14)24(20,21)19-11-9-18(4)10-12-19/h5-8H,1,9-12H2,2-4H3. The highest BCUT2D eigenvalue weighted by atomic mass is 32.2. The van der Waals surface area contributed by atoms with Crippen molar-refractivity contribution in [2.45, 2.75) is 24.3 Å². The molecule has 0 bridgehead atoms. The van der Waals surface area contributed by atoms with Gasteiger partial charge in [0, 0.05) is 26.2 Å². The zero-order valence-corrected chi connectivity index (χ0v) is 15.2. The molecule has 130 valence electrons. The highest BCUT2D eigenvalue weighted by Crippen LogP contribution is 2.29. The van der Waals surface area contributed by atoms with Crippen LogP contribution in [0.3, 0.4) is 0 Å². The molecule has 1 aromatic rings. The fourth-order valence-electron chi connectivity index (χ4n) is 2.74. The van der Waals surface area contributed by atoms with Crippen LogP contribution >= 0.6 is 0 Å². The molecule has 0 unspecified atom stereocenters. The lowest BCUT2D eigenvalue weighted by Crippen LogP contribution is -2.47. The Morgan fingerprint density at radius 1 is 1.12 bits per heavy atom. The smallest absolute Gasteiger partial charge is 0.534 e. The molecule has 0 N–H and O–H groups in total. The Morgan fingerprint density at radius 3 is 2.21 bits per heavy atom. The molecule has 0 radical (unpaired) electrons. The average molecular weight is 350 g/mol. The number of hydrogen-bond acceptors (Lipinski definition) is 5. The zero-order chi connectivity index (χ0) is 17.5. The largest absolute Gasteiger partial charge is 0.563 e. The van der Waals surface area contributed by atoms with Gasteiger partial charge in [-0.1, -0.05) is 18.7 Å². The number of sulfonamides is 1. The van der Waals surface area contributed by atoms with Gasteiger partial charge >= 0.3 is 7.12 Å². The summed E-state index contributed by atoms with van der Waals surface area (Å²) in [7, 11) is -2.00. The van der Waals surface area contributed by atoms with E-state index in [4.69, 9.17) is 9.31 Å². The van der Waals surface area contributed by atoms with Gasteiger partial charge in [0.05, 0.1) is 10.7 Å². The third-order valence-corrected chi connectivity index (χ3v) is 6.49. The van der Waals surface area contributed by atoms with Crippen LogP contribution in [-0.4, -0.2) is 63.6 Å². The fraction of sp³-hybridized carbons (Fsp3) is 0.500. The van der Waals surface area contributed by atoms with Gasteiger partial charge in [-0.05, 0) is 38.5 Å². The summed E-state index contributed by atoms with van der Waals surface area (Å²) in [4.78, 5) is 2.42. The molecule has 2 heterocycles. The predicted molar refractivity (Wildman–Crippen MR) is 93.5 cm³/mol. The Bertz CT molecular complexity index is 725. The molecule has 0 atom stereocenters. The van der Waals surface area contributed by atoms with Gasteiger partial charge in [0.15, 0.2) is 0 Å². The molecular formula is C16H23BN2O4S. The van der Waals surface area contributed by atoms with Crippen molar-refractivity contribution in [1.29, 1.82) is 0 Å². The fourth-order valence-corrected chi connectivity index (χ4v) is 4.16. The van der Waals surface area contributed by atoms with Crippen molar-refractivity contribution in [1.82, 2.24) is 9.21 Å². The Labute approximate surface area is 144 Å². The van der Waals surface area contributed by atoms with E-state index in [1.165, 1.54) is 4.31 Å². The van der Waals surface area contributed by atoms with Crippen LogP contribution < -0.4 is 5.46 Å². The quantitative estimate of drug-likeness (QED) is 0.750. The first-order valence-corrected chi connectivity index (χ1v) is 9.47. The predicted octanol–water partition coefficient (Wildman–Crippen LogP) is 0.657. The minimum Gasteiger partial charge on any atom is -0.534 e. The number of likely N-dealkylation sites (N-methyl/N-ethyl adjacent to an activating group) is 1. The van der Waals surface area contributed by atoms with Crippen LogP contribution in [0.5, 0.6) is 0 Å². The maximum Gasteiger partial charge on any atom is 0.563 e. The molecule has 2 aliphatic heterocycles. The number of rotatable bonds is 3. The van der Waals surface area contributed by atoms with Crippen molar-refractivity contribution in [3.63, 3.8) is 0 Å². The summed E-state index contributed by atoms with van der Waals surface area (Å²) >= 11 is 0. The molecule has 0 aromatic heterocycles. The lowest BCUT2D eigenvalue weighted by molar-refractivity contribution is 0.173. The molecule has 3 rings (SSSR count). The van der Waals surface area contributed by atoms with Crippen molar-refractivity contribution in [3.8, 4) is 0 Å². The molecule has 0 aliphatic carbocycles. The van der Waals surface area contributed by atoms with E-state index in [1.54, 1.807) is 24.3 Å². The average Bonchev–Trinajstić information content (AvgIpc) is 2.81. The Morgan fingerprint density at radius 2 is 1.71 bits per heavy atom. The normalized spacial score (nSPS) is 22.6. The SMILES string of the molecule is C=C1OB(c2ccc(S(=O)(=O)N3CCN(C)CC3)cc2)OC1(C)C. The van der Waals surface area contributed by atoms with Crippen LogP contribution in [0.25, 0.3) is 0 Å². The van der Waals surface area contributed by atoms with E-state index in [9.17, 15) is 8.42 Å². The molecule has 8 heteroatoms. The highest BCUT2D eigenvalue weighted by Gasteiger charge is 2.42. The van der Waals surface area contributed by atoms with Gasteiger partial charge in [0.25, 0.3) is 0 Å². The van der Waals surface area contributed by atoms with Crippen LogP contribution in [0.4, 0.5) is 0 Å². The Balaban J connectivity index is 1.76. The van der Waals surface area contributed by atoms with Crippen molar-refractivity contribution < 1.29 is 17.7 Å². The van der Waals surface area contributed by atoms with E-state index in [0.29, 0.717) is 23.7 Å². The molecule has 2 fully saturated rings. The topological polar surface area (TPSA) is 59.1 Å². The summed E-state index contributed by atoms with van der Waals surface area (Å²) in [5.41, 5.74) is 0.231. The lowest BCUT2D eigenvalue weighted by atomic mass is 9.79. The maximum atomic E-state index is 12.7. The molecule has 0 spiro atoms. The second kappa shape index (κ2) is 6.18. The molecule has 0 amide bonds. The third kappa shape index (κ3) is 3.24. The van der Waals surface area contributed by atoms with E-state index in [1.807, 2.05) is 20.9 Å². The molecule has 24 heavy (non-hydrogen) atoms. The van der Waals surface area contributed by atoms with Gasteiger partial charge < -0.3 is 14.2 Å². The van der Waals surface area contributed by atoms with Gasteiger partial charge in [-0.2, -0.15) is 4.31 Å². The molecule has 6 nitrogen and oxygen atoms in total. The van der Waals surface area contributed by atoms with Gasteiger partial charge in [-0.3, -0.25) is 0 Å². The first kappa shape index (κ1) is 17.5. The van der Waals surface area contributed by atoms with E-state index in [-0.39, 0.29) is 0 Å². The third-order valence-electron chi connectivity index (χ3n) is 4.57. The summed E-state index contributed by atoms with van der Waals surface area (Å²) in [5, 5.41) is 0. The molecule has 2 saturated heterocycles. The van der Waals surface area contributed by atoms with Gasteiger partial charge in [-0.15, -0.1) is 0 Å². The summed E-state index contributed by atoms with van der Waals surface area (Å²) in [6, 6.07) is 6.71. The molecular weight excluding hydrogens is 327 g/mol. The van der Waals surface area contributed by atoms with Crippen LogP contribution in [0.15, 0.2) is 41.5 Å². The second-order valence-electron chi connectivity index (χ2n) is 6.78. The summed E-state index contributed by atoms with van der Waals surface area (Å²) in [6.07, 6.45) is 0. The van der Waals surface area contributed by atoms with Crippen LogP contribution in [0.2, 0.25) is 0 Å². The first-order valence-electron chi connectivity index (χ1n) is 8.03.